The Kier molecular flexibility index (Phi) is 3.61. The first-order chi connectivity index (χ1) is 9.81. The summed E-state index contributed by atoms with van der Waals surface area (Å²) in [4.78, 5) is 4.55. The number of para-hydroxylation sites is 1. The molecule has 0 aliphatic carbocycles. The number of phenolic OH excluding ortho intramolecular Hbond substituents is 1. The van der Waals surface area contributed by atoms with Crippen molar-refractivity contribution in [1.29, 1.82) is 0 Å². The molecule has 3 aromatic rings. The molecule has 20 heavy (non-hydrogen) atoms. The van der Waals surface area contributed by atoms with Crippen molar-refractivity contribution in [3.63, 3.8) is 0 Å². The van der Waals surface area contributed by atoms with Crippen LogP contribution in [0.4, 0.5) is 0 Å². The topological polar surface area (TPSA) is 42.4 Å². The lowest BCUT2D eigenvalue weighted by molar-refractivity contribution is 0.104. The van der Waals surface area contributed by atoms with Crippen molar-refractivity contribution in [3.8, 4) is 5.75 Å². The van der Waals surface area contributed by atoms with E-state index < -0.39 is 0 Å². The van der Waals surface area contributed by atoms with Crippen molar-refractivity contribution in [1.82, 2.24) is 4.98 Å². The summed E-state index contributed by atoms with van der Waals surface area (Å²) in [5.74, 6) is 0.259. The minimum absolute atomic E-state index is 0.259. The SMILES string of the molecule is Oc1cccc(COCc2ccc3ccccc3n2)c1. The molecule has 1 heterocycles. The summed E-state index contributed by atoms with van der Waals surface area (Å²) in [6.07, 6.45) is 0. The fourth-order valence-corrected chi connectivity index (χ4v) is 2.11. The third kappa shape index (κ3) is 2.95. The van der Waals surface area contributed by atoms with Gasteiger partial charge in [0.05, 0.1) is 24.4 Å². The van der Waals surface area contributed by atoms with Gasteiger partial charge >= 0.3 is 0 Å². The standard InChI is InChI=1S/C17H15NO2/c19-16-6-3-4-13(10-16)11-20-12-15-9-8-14-5-1-2-7-17(14)18-15/h1-10,19H,11-12H2. The normalized spacial score (nSPS) is 10.8. The Balaban J connectivity index is 1.65. The van der Waals surface area contributed by atoms with Gasteiger partial charge in [-0.1, -0.05) is 36.4 Å². The Morgan fingerprint density at radius 1 is 0.900 bits per heavy atom. The number of pyridine rings is 1. The van der Waals surface area contributed by atoms with E-state index in [2.05, 4.69) is 11.1 Å². The van der Waals surface area contributed by atoms with Crippen LogP contribution in [-0.4, -0.2) is 10.1 Å². The molecule has 3 rings (SSSR count). The number of phenols is 1. The summed E-state index contributed by atoms with van der Waals surface area (Å²) in [5, 5.41) is 10.5. The number of benzene rings is 2. The number of rotatable bonds is 4. The predicted octanol–water partition coefficient (Wildman–Crippen LogP) is 3.66. The van der Waals surface area contributed by atoms with E-state index in [1.807, 2.05) is 42.5 Å². The first-order valence-corrected chi connectivity index (χ1v) is 6.51. The van der Waals surface area contributed by atoms with Gasteiger partial charge in [0.25, 0.3) is 0 Å². The molecular formula is C17H15NO2. The molecule has 0 fully saturated rings. The average Bonchev–Trinajstić information content (AvgIpc) is 2.47. The minimum atomic E-state index is 0.259. The van der Waals surface area contributed by atoms with Crippen LogP contribution in [0, 0.1) is 0 Å². The van der Waals surface area contributed by atoms with Gasteiger partial charge in [-0.2, -0.15) is 0 Å². The highest BCUT2D eigenvalue weighted by Gasteiger charge is 1.99. The molecule has 0 radical (unpaired) electrons. The number of aromatic nitrogens is 1. The molecule has 0 aliphatic heterocycles. The van der Waals surface area contributed by atoms with Gasteiger partial charge in [0, 0.05) is 5.39 Å². The molecule has 2 aromatic carbocycles. The highest BCUT2D eigenvalue weighted by Crippen LogP contribution is 2.14. The summed E-state index contributed by atoms with van der Waals surface area (Å²) in [6, 6.07) is 19.1. The van der Waals surface area contributed by atoms with Crippen molar-refractivity contribution in [2.75, 3.05) is 0 Å². The zero-order chi connectivity index (χ0) is 13.8. The number of ether oxygens (including phenoxy) is 1. The first-order valence-electron chi connectivity index (χ1n) is 6.51. The zero-order valence-electron chi connectivity index (χ0n) is 11.0. The maximum absolute atomic E-state index is 9.38. The van der Waals surface area contributed by atoms with Crippen LogP contribution >= 0.6 is 0 Å². The van der Waals surface area contributed by atoms with E-state index in [-0.39, 0.29) is 5.75 Å². The Labute approximate surface area is 117 Å². The van der Waals surface area contributed by atoms with Gasteiger partial charge in [-0.05, 0) is 29.8 Å². The summed E-state index contributed by atoms with van der Waals surface area (Å²) < 4.78 is 5.64. The first kappa shape index (κ1) is 12.6. The van der Waals surface area contributed by atoms with Crippen LogP contribution in [0.2, 0.25) is 0 Å². The van der Waals surface area contributed by atoms with Gasteiger partial charge in [-0.3, -0.25) is 4.98 Å². The van der Waals surface area contributed by atoms with Gasteiger partial charge in [-0.25, -0.2) is 0 Å². The van der Waals surface area contributed by atoms with Crippen molar-refractivity contribution in [2.45, 2.75) is 13.2 Å². The number of hydrogen-bond donors (Lipinski definition) is 1. The second-order valence-corrected chi connectivity index (χ2v) is 4.66. The van der Waals surface area contributed by atoms with Crippen molar-refractivity contribution >= 4 is 10.9 Å². The lowest BCUT2D eigenvalue weighted by atomic mass is 10.2. The summed E-state index contributed by atoms with van der Waals surface area (Å²) >= 11 is 0. The summed E-state index contributed by atoms with van der Waals surface area (Å²) in [7, 11) is 0. The molecule has 0 amide bonds. The number of aromatic hydroxyl groups is 1. The van der Waals surface area contributed by atoms with Gasteiger partial charge in [0.15, 0.2) is 0 Å². The van der Waals surface area contributed by atoms with Crippen LogP contribution in [0.15, 0.2) is 60.7 Å². The summed E-state index contributed by atoms with van der Waals surface area (Å²) in [6.45, 7) is 0.920. The van der Waals surface area contributed by atoms with E-state index in [1.165, 1.54) is 0 Å². The molecule has 3 nitrogen and oxygen atoms in total. The average molecular weight is 265 g/mol. The van der Waals surface area contributed by atoms with E-state index in [4.69, 9.17) is 4.74 Å². The third-order valence-corrected chi connectivity index (χ3v) is 3.09. The Hall–Kier alpha value is -2.39. The van der Waals surface area contributed by atoms with E-state index >= 15 is 0 Å². The highest BCUT2D eigenvalue weighted by molar-refractivity contribution is 5.78. The second-order valence-electron chi connectivity index (χ2n) is 4.66. The molecule has 0 saturated carbocycles. The molecule has 0 unspecified atom stereocenters. The van der Waals surface area contributed by atoms with Gasteiger partial charge in [0.2, 0.25) is 0 Å². The molecule has 0 saturated heterocycles. The minimum Gasteiger partial charge on any atom is -0.508 e. The number of nitrogens with zero attached hydrogens (tertiary/aromatic N) is 1. The molecule has 3 heteroatoms. The van der Waals surface area contributed by atoms with Crippen molar-refractivity contribution in [3.05, 3.63) is 71.9 Å². The largest absolute Gasteiger partial charge is 0.508 e. The molecule has 0 atom stereocenters. The predicted molar refractivity (Wildman–Crippen MR) is 78.3 cm³/mol. The molecule has 0 spiro atoms. The van der Waals surface area contributed by atoms with Crippen LogP contribution in [-0.2, 0) is 18.0 Å². The maximum atomic E-state index is 9.38. The molecule has 0 bridgehead atoms. The molecule has 1 aromatic heterocycles. The van der Waals surface area contributed by atoms with Crippen molar-refractivity contribution in [2.24, 2.45) is 0 Å². The fourth-order valence-electron chi connectivity index (χ4n) is 2.11. The van der Waals surface area contributed by atoms with Crippen LogP contribution in [0.25, 0.3) is 10.9 Å². The van der Waals surface area contributed by atoms with E-state index in [0.717, 1.165) is 22.2 Å². The smallest absolute Gasteiger partial charge is 0.115 e. The van der Waals surface area contributed by atoms with Crippen LogP contribution in [0.3, 0.4) is 0 Å². The zero-order valence-corrected chi connectivity index (χ0v) is 11.0. The van der Waals surface area contributed by atoms with E-state index in [0.29, 0.717) is 13.2 Å². The maximum Gasteiger partial charge on any atom is 0.115 e. The molecular weight excluding hydrogens is 250 g/mol. The van der Waals surface area contributed by atoms with Gasteiger partial charge < -0.3 is 9.84 Å². The van der Waals surface area contributed by atoms with Gasteiger partial charge in [0.1, 0.15) is 5.75 Å². The quantitative estimate of drug-likeness (QED) is 0.782. The van der Waals surface area contributed by atoms with E-state index in [1.54, 1.807) is 12.1 Å². The second kappa shape index (κ2) is 5.72. The number of hydrogen-bond acceptors (Lipinski definition) is 3. The summed E-state index contributed by atoms with van der Waals surface area (Å²) in [5.41, 5.74) is 2.83. The highest BCUT2D eigenvalue weighted by atomic mass is 16.5. The monoisotopic (exact) mass is 265 g/mol. The Morgan fingerprint density at radius 3 is 2.70 bits per heavy atom. The lowest BCUT2D eigenvalue weighted by Crippen LogP contribution is -1.96. The van der Waals surface area contributed by atoms with Crippen LogP contribution in [0.5, 0.6) is 5.75 Å². The lowest BCUT2D eigenvalue weighted by Gasteiger charge is -2.05. The van der Waals surface area contributed by atoms with E-state index in [9.17, 15) is 5.11 Å². The number of fused-ring (bicyclic) bond motifs is 1. The molecule has 0 aliphatic rings. The van der Waals surface area contributed by atoms with Crippen LogP contribution < -0.4 is 0 Å². The Bertz CT molecular complexity index is 725. The Morgan fingerprint density at radius 2 is 1.80 bits per heavy atom. The molecule has 100 valence electrons. The molecule has 1 N–H and O–H groups in total. The van der Waals surface area contributed by atoms with Crippen LogP contribution in [0.1, 0.15) is 11.3 Å². The fraction of sp³-hybridized carbons (Fsp3) is 0.118. The van der Waals surface area contributed by atoms with Gasteiger partial charge in [-0.15, -0.1) is 0 Å². The third-order valence-electron chi connectivity index (χ3n) is 3.09. The van der Waals surface area contributed by atoms with Crippen molar-refractivity contribution < 1.29 is 9.84 Å².